The minimum Gasteiger partial charge on any atom is -0.245 e. The number of thiazole rings is 1. The third kappa shape index (κ3) is 3.16. The lowest BCUT2D eigenvalue weighted by Gasteiger charge is -2.14. The highest BCUT2D eigenvalue weighted by Crippen LogP contribution is 2.25. The maximum absolute atomic E-state index is 4.72. The second-order valence-electron chi connectivity index (χ2n) is 5.54. The van der Waals surface area contributed by atoms with Gasteiger partial charge < -0.3 is 0 Å². The average molecular weight is 245 g/mol. The van der Waals surface area contributed by atoms with Gasteiger partial charge in [-0.2, -0.15) is 0 Å². The summed E-state index contributed by atoms with van der Waals surface area (Å²) in [6.45, 7) is 8.75. The van der Waals surface area contributed by atoms with Crippen molar-refractivity contribution in [3.05, 3.63) is 51.5 Å². The molecule has 0 spiro atoms. The topological polar surface area (TPSA) is 12.9 Å². The fraction of sp³-hybridized carbons (Fsp3) is 0.400. The van der Waals surface area contributed by atoms with Crippen LogP contribution < -0.4 is 0 Å². The number of hydrogen-bond donors (Lipinski definition) is 0. The highest BCUT2D eigenvalue weighted by Gasteiger charge is 2.17. The highest BCUT2D eigenvalue weighted by molar-refractivity contribution is 7.09. The van der Waals surface area contributed by atoms with E-state index >= 15 is 0 Å². The number of nitrogens with zero attached hydrogens (tertiary/aromatic N) is 1. The molecule has 2 rings (SSSR count). The van der Waals surface area contributed by atoms with Crippen molar-refractivity contribution in [2.75, 3.05) is 0 Å². The zero-order chi connectivity index (χ0) is 12.5. The summed E-state index contributed by atoms with van der Waals surface area (Å²) >= 11 is 1.77. The predicted octanol–water partition coefficient (Wildman–Crippen LogP) is 4.34. The number of aryl methyl sites for hydroxylation is 1. The molecule has 0 aliphatic heterocycles. The second-order valence-corrected chi connectivity index (χ2v) is 6.48. The van der Waals surface area contributed by atoms with Crippen LogP contribution in [0, 0.1) is 6.92 Å². The van der Waals surface area contributed by atoms with Crippen molar-refractivity contribution in [3.63, 3.8) is 0 Å². The van der Waals surface area contributed by atoms with Crippen LogP contribution in [0.3, 0.4) is 0 Å². The summed E-state index contributed by atoms with van der Waals surface area (Å²) in [5.41, 5.74) is 4.02. The lowest BCUT2D eigenvalue weighted by Crippen LogP contribution is -2.11. The highest BCUT2D eigenvalue weighted by atomic mass is 32.1. The van der Waals surface area contributed by atoms with E-state index in [9.17, 15) is 0 Å². The zero-order valence-corrected chi connectivity index (χ0v) is 11.8. The molecular formula is C15H19NS. The van der Waals surface area contributed by atoms with Crippen molar-refractivity contribution in [2.24, 2.45) is 0 Å². The summed E-state index contributed by atoms with van der Waals surface area (Å²) in [4.78, 5) is 4.72. The largest absolute Gasteiger partial charge is 0.245 e. The van der Waals surface area contributed by atoms with Gasteiger partial charge in [0.1, 0.15) is 0 Å². The summed E-state index contributed by atoms with van der Waals surface area (Å²) in [5, 5.41) is 3.39. The van der Waals surface area contributed by atoms with Crippen molar-refractivity contribution in [1.29, 1.82) is 0 Å². The first-order valence-corrected chi connectivity index (χ1v) is 6.83. The lowest BCUT2D eigenvalue weighted by atomic mass is 9.93. The molecule has 1 aromatic heterocycles. The molecule has 2 aromatic rings. The molecule has 0 saturated carbocycles. The van der Waals surface area contributed by atoms with E-state index in [4.69, 9.17) is 4.98 Å². The standard InChI is InChI=1S/C15H19NS/c1-11-6-5-7-12(8-11)9-14-16-13(10-17-14)15(2,3)4/h5-8,10H,9H2,1-4H3. The minimum atomic E-state index is 0.154. The van der Waals surface area contributed by atoms with Crippen LogP contribution in [0.15, 0.2) is 29.6 Å². The maximum Gasteiger partial charge on any atom is 0.0972 e. The Morgan fingerprint density at radius 1 is 1.24 bits per heavy atom. The molecule has 1 heterocycles. The van der Waals surface area contributed by atoms with Gasteiger partial charge in [0.25, 0.3) is 0 Å². The van der Waals surface area contributed by atoms with Crippen molar-refractivity contribution < 1.29 is 0 Å². The Labute approximate surface area is 108 Å². The fourth-order valence-electron chi connectivity index (χ4n) is 1.73. The normalized spacial score (nSPS) is 11.8. The van der Waals surface area contributed by atoms with Crippen LogP contribution >= 0.6 is 11.3 Å². The molecule has 0 saturated heterocycles. The Morgan fingerprint density at radius 2 is 2.00 bits per heavy atom. The van der Waals surface area contributed by atoms with Crippen molar-refractivity contribution >= 4 is 11.3 Å². The second kappa shape index (κ2) is 4.61. The van der Waals surface area contributed by atoms with Gasteiger partial charge in [-0.15, -0.1) is 11.3 Å². The Morgan fingerprint density at radius 3 is 2.59 bits per heavy atom. The summed E-state index contributed by atoms with van der Waals surface area (Å²) in [6, 6.07) is 8.65. The quantitative estimate of drug-likeness (QED) is 0.767. The van der Waals surface area contributed by atoms with E-state index in [0.717, 1.165) is 6.42 Å². The first-order valence-electron chi connectivity index (χ1n) is 5.95. The van der Waals surface area contributed by atoms with Gasteiger partial charge in [-0.05, 0) is 12.5 Å². The maximum atomic E-state index is 4.72. The van der Waals surface area contributed by atoms with E-state index < -0.39 is 0 Å². The Bertz CT molecular complexity index is 506. The lowest BCUT2D eigenvalue weighted by molar-refractivity contribution is 0.571. The number of rotatable bonds is 2. The third-order valence-corrected chi connectivity index (χ3v) is 3.61. The smallest absolute Gasteiger partial charge is 0.0972 e. The van der Waals surface area contributed by atoms with Crippen LogP contribution in [0.2, 0.25) is 0 Å². The Balaban J connectivity index is 2.17. The monoisotopic (exact) mass is 245 g/mol. The first kappa shape index (κ1) is 12.3. The molecule has 1 aromatic carbocycles. The van der Waals surface area contributed by atoms with Crippen molar-refractivity contribution in [1.82, 2.24) is 4.98 Å². The number of hydrogen-bond acceptors (Lipinski definition) is 2. The van der Waals surface area contributed by atoms with Gasteiger partial charge in [0.2, 0.25) is 0 Å². The van der Waals surface area contributed by atoms with E-state index in [0.29, 0.717) is 0 Å². The van der Waals surface area contributed by atoms with Gasteiger partial charge in [-0.1, -0.05) is 50.6 Å². The van der Waals surface area contributed by atoms with Gasteiger partial charge in [-0.25, -0.2) is 4.98 Å². The molecule has 0 bridgehead atoms. The summed E-state index contributed by atoms with van der Waals surface area (Å²) in [5.74, 6) is 0. The van der Waals surface area contributed by atoms with Crippen molar-refractivity contribution in [3.8, 4) is 0 Å². The van der Waals surface area contributed by atoms with Gasteiger partial charge in [-0.3, -0.25) is 0 Å². The average Bonchev–Trinajstić information content (AvgIpc) is 2.65. The van der Waals surface area contributed by atoms with E-state index in [1.807, 2.05) is 0 Å². The summed E-state index contributed by atoms with van der Waals surface area (Å²) < 4.78 is 0. The van der Waals surface area contributed by atoms with Crippen LogP contribution in [0.1, 0.15) is 42.6 Å². The van der Waals surface area contributed by atoms with Gasteiger partial charge in [0.15, 0.2) is 0 Å². The molecule has 0 N–H and O–H groups in total. The molecule has 0 amide bonds. The molecule has 17 heavy (non-hydrogen) atoms. The molecule has 0 atom stereocenters. The van der Waals surface area contributed by atoms with Crippen molar-refractivity contribution in [2.45, 2.75) is 39.5 Å². The fourth-order valence-corrected chi connectivity index (χ4v) is 2.79. The number of benzene rings is 1. The van der Waals surface area contributed by atoms with Gasteiger partial charge in [0, 0.05) is 17.2 Å². The SMILES string of the molecule is Cc1cccc(Cc2nc(C(C)(C)C)cs2)c1. The molecule has 2 heteroatoms. The molecule has 0 unspecified atom stereocenters. The van der Waals surface area contributed by atoms with Crippen LogP contribution in [0.25, 0.3) is 0 Å². The molecule has 0 radical (unpaired) electrons. The van der Waals surface area contributed by atoms with E-state index in [1.54, 1.807) is 11.3 Å². The van der Waals surface area contributed by atoms with E-state index in [2.05, 4.69) is 57.3 Å². The molecular weight excluding hydrogens is 226 g/mol. The van der Waals surface area contributed by atoms with Gasteiger partial charge in [0.05, 0.1) is 10.7 Å². The molecule has 0 aliphatic carbocycles. The van der Waals surface area contributed by atoms with Crippen LogP contribution in [0.4, 0.5) is 0 Å². The Hall–Kier alpha value is -1.15. The first-order chi connectivity index (χ1) is 7.95. The molecule has 0 fully saturated rings. The van der Waals surface area contributed by atoms with E-state index in [1.165, 1.54) is 21.8 Å². The molecule has 0 aliphatic rings. The number of aromatic nitrogens is 1. The Kier molecular flexibility index (Phi) is 3.34. The summed E-state index contributed by atoms with van der Waals surface area (Å²) in [7, 11) is 0. The molecule has 1 nitrogen and oxygen atoms in total. The van der Waals surface area contributed by atoms with Crippen LogP contribution in [0.5, 0.6) is 0 Å². The third-order valence-electron chi connectivity index (χ3n) is 2.76. The predicted molar refractivity (Wildman–Crippen MR) is 74.8 cm³/mol. The van der Waals surface area contributed by atoms with Crippen LogP contribution in [-0.4, -0.2) is 4.98 Å². The minimum absolute atomic E-state index is 0.154. The zero-order valence-electron chi connectivity index (χ0n) is 10.9. The summed E-state index contributed by atoms with van der Waals surface area (Å²) in [6.07, 6.45) is 0.947. The van der Waals surface area contributed by atoms with Gasteiger partial charge >= 0.3 is 0 Å². The van der Waals surface area contributed by atoms with E-state index in [-0.39, 0.29) is 5.41 Å². The molecule has 90 valence electrons. The van der Waals surface area contributed by atoms with Crippen LogP contribution in [-0.2, 0) is 11.8 Å².